The molecule has 1 aromatic heterocycles. The van der Waals surface area contributed by atoms with Crippen LogP contribution < -0.4 is 5.32 Å². The molecule has 3 aromatic rings. The third-order valence-electron chi connectivity index (χ3n) is 4.60. The van der Waals surface area contributed by atoms with E-state index in [-0.39, 0.29) is 19.1 Å². The van der Waals surface area contributed by atoms with Gasteiger partial charge >= 0.3 is 5.97 Å². The fourth-order valence-corrected chi connectivity index (χ4v) is 3.05. The number of nitrogens with one attached hydrogen (secondary N) is 1. The van der Waals surface area contributed by atoms with Crippen molar-refractivity contribution in [3.63, 3.8) is 0 Å². The molecular formula is C22H21ClN2O3. The fourth-order valence-electron chi connectivity index (χ4n) is 2.86. The van der Waals surface area contributed by atoms with Crippen molar-refractivity contribution in [3.8, 4) is 0 Å². The molecule has 0 aliphatic rings. The summed E-state index contributed by atoms with van der Waals surface area (Å²) in [5.41, 5.74) is 5.14. The van der Waals surface area contributed by atoms with Gasteiger partial charge in [-0.3, -0.25) is 9.59 Å². The van der Waals surface area contributed by atoms with Gasteiger partial charge in [-0.25, -0.2) is 4.98 Å². The standard InChI is InChI=1S/C22H21ClN2O3/c1-13-5-4-6-17(9-13)22(27)24-11-19(26)28-12-18-10-16-8-7-14(2)15(3)20(16)25-21(18)23/h4-10H,11-12H2,1-3H3,(H,24,27). The maximum absolute atomic E-state index is 12.1. The number of aryl methyl sites for hydroxylation is 3. The molecule has 28 heavy (non-hydrogen) atoms. The van der Waals surface area contributed by atoms with Crippen molar-refractivity contribution in [2.45, 2.75) is 27.4 Å². The first kappa shape index (κ1) is 19.8. The summed E-state index contributed by atoms with van der Waals surface area (Å²) in [6, 6.07) is 13.0. The van der Waals surface area contributed by atoms with Crippen LogP contribution in [0.5, 0.6) is 0 Å². The highest BCUT2D eigenvalue weighted by Crippen LogP contribution is 2.25. The molecule has 0 saturated carbocycles. The van der Waals surface area contributed by atoms with Gasteiger partial charge in [0, 0.05) is 16.5 Å². The minimum atomic E-state index is -0.544. The monoisotopic (exact) mass is 396 g/mol. The van der Waals surface area contributed by atoms with Gasteiger partial charge in [0.1, 0.15) is 18.3 Å². The molecule has 0 bridgehead atoms. The molecule has 0 fully saturated rings. The van der Waals surface area contributed by atoms with Gasteiger partial charge in [0.2, 0.25) is 0 Å². The van der Waals surface area contributed by atoms with Crippen LogP contribution in [0.4, 0.5) is 0 Å². The summed E-state index contributed by atoms with van der Waals surface area (Å²) >= 11 is 6.26. The van der Waals surface area contributed by atoms with Crippen LogP contribution in [0.15, 0.2) is 42.5 Å². The van der Waals surface area contributed by atoms with E-state index >= 15 is 0 Å². The van der Waals surface area contributed by atoms with Crippen molar-refractivity contribution in [2.24, 2.45) is 0 Å². The summed E-state index contributed by atoms with van der Waals surface area (Å²) in [7, 11) is 0. The average molecular weight is 397 g/mol. The lowest BCUT2D eigenvalue weighted by Gasteiger charge is -2.10. The van der Waals surface area contributed by atoms with E-state index in [2.05, 4.69) is 10.3 Å². The van der Waals surface area contributed by atoms with Gasteiger partial charge in [-0.1, -0.05) is 41.4 Å². The number of aromatic nitrogens is 1. The third kappa shape index (κ3) is 4.49. The lowest BCUT2D eigenvalue weighted by Crippen LogP contribution is -2.30. The molecule has 2 aromatic carbocycles. The Kier molecular flexibility index (Phi) is 5.95. The van der Waals surface area contributed by atoms with Gasteiger partial charge in [-0.05, 0) is 50.1 Å². The van der Waals surface area contributed by atoms with Gasteiger partial charge in [-0.2, -0.15) is 0 Å². The topological polar surface area (TPSA) is 68.3 Å². The Hall–Kier alpha value is -2.92. The Morgan fingerprint density at radius 2 is 1.89 bits per heavy atom. The lowest BCUT2D eigenvalue weighted by atomic mass is 10.0. The number of benzene rings is 2. The number of nitrogens with zero attached hydrogens (tertiary/aromatic N) is 1. The normalized spacial score (nSPS) is 10.7. The van der Waals surface area contributed by atoms with E-state index in [1.807, 2.05) is 45.0 Å². The van der Waals surface area contributed by atoms with Crippen LogP contribution in [-0.4, -0.2) is 23.4 Å². The van der Waals surface area contributed by atoms with Crippen molar-refractivity contribution in [1.29, 1.82) is 0 Å². The molecule has 0 unspecified atom stereocenters. The molecule has 0 aliphatic heterocycles. The van der Waals surface area contributed by atoms with Gasteiger partial charge in [0.15, 0.2) is 0 Å². The van der Waals surface area contributed by atoms with Crippen molar-refractivity contribution in [3.05, 3.63) is 75.4 Å². The Morgan fingerprint density at radius 3 is 2.64 bits per heavy atom. The number of hydrogen-bond donors (Lipinski definition) is 1. The van der Waals surface area contributed by atoms with E-state index in [1.54, 1.807) is 18.2 Å². The van der Waals surface area contributed by atoms with Crippen molar-refractivity contribution >= 4 is 34.4 Å². The van der Waals surface area contributed by atoms with E-state index in [4.69, 9.17) is 16.3 Å². The first-order valence-corrected chi connectivity index (χ1v) is 9.29. The predicted molar refractivity (Wildman–Crippen MR) is 110 cm³/mol. The number of amides is 1. The van der Waals surface area contributed by atoms with E-state index in [9.17, 15) is 9.59 Å². The molecule has 0 aliphatic carbocycles. The van der Waals surface area contributed by atoms with Crippen molar-refractivity contribution < 1.29 is 14.3 Å². The van der Waals surface area contributed by atoms with E-state index in [0.717, 1.165) is 27.6 Å². The number of fused-ring (bicyclic) bond motifs is 1. The number of esters is 1. The largest absolute Gasteiger partial charge is 0.459 e. The number of halogens is 1. The predicted octanol–water partition coefficient (Wildman–Crippen LogP) is 4.29. The van der Waals surface area contributed by atoms with Crippen LogP contribution in [0.1, 0.15) is 32.6 Å². The zero-order valence-electron chi connectivity index (χ0n) is 16.0. The maximum atomic E-state index is 12.1. The highest BCUT2D eigenvalue weighted by atomic mass is 35.5. The Bertz CT molecular complexity index is 1060. The Labute approximate surface area is 168 Å². The number of rotatable bonds is 5. The summed E-state index contributed by atoms with van der Waals surface area (Å²) in [4.78, 5) is 28.5. The molecule has 0 radical (unpaired) electrons. The second-order valence-corrected chi connectivity index (χ2v) is 7.09. The highest BCUT2D eigenvalue weighted by molar-refractivity contribution is 6.30. The molecule has 0 spiro atoms. The lowest BCUT2D eigenvalue weighted by molar-refractivity contribution is -0.143. The van der Waals surface area contributed by atoms with Crippen LogP contribution in [0, 0.1) is 20.8 Å². The summed E-state index contributed by atoms with van der Waals surface area (Å²) in [5.74, 6) is -0.867. The summed E-state index contributed by atoms with van der Waals surface area (Å²) in [6.07, 6.45) is 0. The van der Waals surface area contributed by atoms with Crippen LogP contribution in [-0.2, 0) is 16.1 Å². The van der Waals surface area contributed by atoms with Crippen LogP contribution >= 0.6 is 11.6 Å². The second kappa shape index (κ2) is 8.40. The SMILES string of the molecule is Cc1cccc(C(=O)NCC(=O)OCc2cc3ccc(C)c(C)c3nc2Cl)c1. The molecule has 144 valence electrons. The Morgan fingerprint density at radius 1 is 1.11 bits per heavy atom. The third-order valence-corrected chi connectivity index (χ3v) is 4.93. The number of carbonyl (C=O) groups excluding carboxylic acids is 2. The molecular weight excluding hydrogens is 376 g/mol. The van der Waals surface area contributed by atoms with Gasteiger partial charge in [0.05, 0.1) is 5.52 Å². The number of carbonyl (C=O) groups is 2. The van der Waals surface area contributed by atoms with Gasteiger partial charge in [-0.15, -0.1) is 0 Å². The van der Waals surface area contributed by atoms with Crippen LogP contribution in [0.25, 0.3) is 10.9 Å². The zero-order valence-corrected chi connectivity index (χ0v) is 16.8. The molecule has 0 saturated heterocycles. The maximum Gasteiger partial charge on any atom is 0.325 e. The van der Waals surface area contributed by atoms with Gasteiger partial charge in [0.25, 0.3) is 5.91 Å². The fraction of sp³-hybridized carbons (Fsp3) is 0.227. The van der Waals surface area contributed by atoms with E-state index in [1.165, 1.54) is 0 Å². The number of ether oxygens (including phenoxy) is 1. The number of pyridine rings is 1. The molecule has 5 nitrogen and oxygen atoms in total. The highest BCUT2D eigenvalue weighted by Gasteiger charge is 2.12. The second-order valence-electron chi connectivity index (χ2n) is 6.73. The van der Waals surface area contributed by atoms with Crippen LogP contribution in [0.3, 0.4) is 0 Å². The number of hydrogen-bond acceptors (Lipinski definition) is 4. The van der Waals surface area contributed by atoms with E-state index < -0.39 is 5.97 Å². The summed E-state index contributed by atoms with van der Waals surface area (Å²) in [6.45, 7) is 5.69. The average Bonchev–Trinajstić information content (AvgIpc) is 2.68. The molecule has 1 amide bonds. The first-order chi connectivity index (χ1) is 13.3. The Balaban J connectivity index is 1.61. The molecule has 0 atom stereocenters. The minimum Gasteiger partial charge on any atom is -0.459 e. The van der Waals surface area contributed by atoms with Crippen LogP contribution in [0.2, 0.25) is 5.15 Å². The van der Waals surface area contributed by atoms with Crippen molar-refractivity contribution in [1.82, 2.24) is 10.3 Å². The van der Waals surface area contributed by atoms with Gasteiger partial charge < -0.3 is 10.1 Å². The molecule has 1 N–H and O–H groups in total. The quantitative estimate of drug-likeness (QED) is 0.516. The zero-order chi connectivity index (χ0) is 20.3. The smallest absolute Gasteiger partial charge is 0.325 e. The molecule has 1 heterocycles. The summed E-state index contributed by atoms with van der Waals surface area (Å²) < 4.78 is 5.24. The molecule has 3 rings (SSSR count). The van der Waals surface area contributed by atoms with E-state index in [0.29, 0.717) is 16.3 Å². The van der Waals surface area contributed by atoms with Crippen molar-refractivity contribution in [2.75, 3.05) is 6.54 Å². The minimum absolute atomic E-state index is 0.00610. The first-order valence-electron chi connectivity index (χ1n) is 8.91. The molecule has 6 heteroatoms. The summed E-state index contributed by atoms with van der Waals surface area (Å²) in [5, 5.41) is 3.80.